The van der Waals surface area contributed by atoms with Gasteiger partial charge in [-0.25, -0.2) is 4.98 Å². The highest BCUT2D eigenvalue weighted by molar-refractivity contribution is 7.11. The minimum absolute atomic E-state index is 0. The van der Waals surface area contributed by atoms with Crippen LogP contribution in [0.5, 0.6) is 0 Å². The Hall–Kier alpha value is -0.360. The molecule has 1 aromatic rings. The van der Waals surface area contributed by atoms with Crippen LogP contribution in [0.2, 0.25) is 0 Å². The SMILES string of the molecule is CNCCC(=O)NCc1cnc(C)s1.Cl.Cl. The largest absolute Gasteiger partial charge is 0.351 e. The molecule has 0 unspecified atom stereocenters. The summed E-state index contributed by atoms with van der Waals surface area (Å²) in [6, 6.07) is 0. The fourth-order valence-corrected chi connectivity index (χ4v) is 1.73. The summed E-state index contributed by atoms with van der Waals surface area (Å²) in [6.45, 7) is 3.26. The van der Waals surface area contributed by atoms with E-state index in [-0.39, 0.29) is 30.7 Å². The van der Waals surface area contributed by atoms with Crippen LogP contribution in [-0.4, -0.2) is 24.5 Å². The number of nitrogens with zero attached hydrogens (tertiary/aromatic N) is 1. The Labute approximate surface area is 112 Å². The fourth-order valence-electron chi connectivity index (χ4n) is 1.000. The smallest absolute Gasteiger partial charge is 0.221 e. The molecule has 0 saturated heterocycles. The van der Waals surface area contributed by atoms with Gasteiger partial charge in [-0.05, 0) is 14.0 Å². The van der Waals surface area contributed by atoms with Crippen molar-refractivity contribution in [3.05, 3.63) is 16.1 Å². The zero-order valence-electron chi connectivity index (χ0n) is 9.28. The highest BCUT2D eigenvalue weighted by atomic mass is 35.5. The number of aromatic nitrogens is 1. The van der Waals surface area contributed by atoms with Crippen LogP contribution in [0.4, 0.5) is 0 Å². The summed E-state index contributed by atoms with van der Waals surface area (Å²) in [6.07, 6.45) is 2.33. The maximum absolute atomic E-state index is 11.2. The van der Waals surface area contributed by atoms with Gasteiger partial charge in [-0.15, -0.1) is 36.2 Å². The first-order valence-corrected chi connectivity index (χ1v) is 5.36. The van der Waals surface area contributed by atoms with Gasteiger partial charge in [-0.3, -0.25) is 4.79 Å². The summed E-state index contributed by atoms with van der Waals surface area (Å²) in [7, 11) is 1.83. The molecule has 0 radical (unpaired) electrons. The number of hydrogen-bond donors (Lipinski definition) is 2. The number of nitrogens with one attached hydrogen (secondary N) is 2. The molecule has 1 aromatic heterocycles. The minimum atomic E-state index is 0. The van der Waals surface area contributed by atoms with E-state index in [1.54, 1.807) is 17.5 Å². The first kappa shape index (κ1) is 18.0. The van der Waals surface area contributed by atoms with E-state index in [9.17, 15) is 4.79 Å². The van der Waals surface area contributed by atoms with Crippen LogP contribution < -0.4 is 10.6 Å². The average Bonchev–Trinajstić information content (AvgIpc) is 2.58. The molecular weight excluding hydrogens is 269 g/mol. The molecule has 0 aliphatic heterocycles. The van der Waals surface area contributed by atoms with Crippen molar-refractivity contribution in [1.82, 2.24) is 15.6 Å². The molecule has 0 aliphatic rings. The van der Waals surface area contributed by atoms with Crippen molar-refractivity contribution in [2.24, 2.45) is 0 Å². The molecule has 1 heterocycles. The second kappa shape index (κ2) is 9.84. The molecule has 2 N–H and O–H groups in total. The van der Waals surface area contributed by atoms with E-state index in [0.29, 0.717) is 19.5 Å². The molecule has 94 valence electrons. The fraction of sp³-hybridized carbons (Fsp3) is 0.556. The highest BCUT2D eigenvalue weighted by Gasteiger charge is 2.01. The molecular formula is C9H17Cl2N3OS. The molecule has 0 spiro atoms. The van der Waals surface area contributed by atoms with Crippen molar-refractivity contribution in [2.45, 2.75) is 19.9 Å². The molecule has 1 amide bonds. The van der Waals surface area contributed by atoms with Crippen LogP contribution in [0, 0.1) is 6.92 Å². The number of hydrogen-bond acceptors (Lipinski definition) is 4. The molecule has 0 fully saturated rings. The van der Waals surface area contributed by atoms with Crippen molar-refractivity contribution in [3.8, 4) is 0 Å². The molecule has 16 heavy (non-hydrogen) atoms. The summed E-state index contributed by atoms with van der Waals surface area (Å²) in [5.74, 6) is 0.0744. The Morgan fingerprint density at radius 1 is 1.50 bits per heavy atom. The van der Waals surface area contributed by atoms with E-state index in [1.807, 2.05) is 14.0 Å². The van der Waals surface area contributed by atoms with Gasteiger partial charge in [0.2, 0.25) is 5.91 Å². The third-order valence-corrected chi connectivity index (χ3v) is 2.64. The summed E-state index contributed by atoms with van der Waals surface area (Å²) in [5, 5.41) is 6.80. The molecule has 1 rings (SSSR count). The van der Waals surface area contributed by atoms with Gasteiger partial charge in [-0.1, -0.05) is 0 Å². The number of carbonyl (C=O) groups excluding carboxylic acids is 1. The molecule has 0 atom stereocenters. The average molecular weight is 286 g/mol. The Kier molecular flexibility index (Phi) is 11.1. The standard InChI is InChI=1S/C9H15N3OS.2ClH/c1-7-11-5-8(14-7)6-12-9(13)3-4-10-2;;/h5,10H,3-4,6H2,1-2H3,(H,12,13);2*1H. The quantitative estimate of drug-likeness (QED) is 0.863. The lowest BCUT2D eigenvalue weighted by molar-refractivity contribution is -0.121. The van der Waals surface area contributed by atoms with Crippen LogP contribution >= 0.6 is 36.2 Å². The number of aryl methyl sites for hydroxylation is 1. The number of thiazole rings is 1. The summed E-state index contributed by atoms with van der Waals surface area (Å²) in [4.78, 5) is 16.4. The lowest BCUT2D eigenvalue weighted by Gasteiger charge is -2.02. The van der Waals surface area contributed by atoms with Crippen molar-refractivity contribution < 1.29 is 4.79 Å². The predicted molar refractivity (Wildman–Crippen MR) is 71.7 cm³/mol. The monoisotopic (exact) mass is 285 g/mol. The Morgan fingerprint density at radius 3 is 2.69 bits per heavy atom. The first-order chi connectivity index (χ1) is 6.72. The zero-order chi connectivity index (χ0) is 10.4. The van der Waals surface area contributed by atoms with Gasteiger partial charge in [0.05, 0.1) is 11.6 Å². The number of carbonyl (C=O) groups is 1. The summed E-state index contributed by atoms with van der Waals surface area (Å²) in [5.41, 5.74) is 0. The van der Waals surface area contributed by atoms with Crippen molar-refractivity contribution in [3.63, 3.8) is 0 Å². The maximum Gasteiger partial charge on any atom is 0.221 e. The second-order valence-electron chi connectivity index (χ2n) is 2.98. The molecule has 0 bridgehead atoms. The molecule has 4 nitrogen and oxygen atoms in total. The molecule has 0 aromatic carbocycles. The number of halogens is 2. The van der Waals surface area contributed by atoms with E-state index in [4.69, 9.17) is 0 Å². The normalized spacial score (nSPS) is 8.88. The van der Waals surface area contributed by atoms with Crippen molar-refractivity contribution >= 4 is 42.1 Å². The Morgan fingerprint density at radius 2 is 2.19 bits per heavy atom. The lowest BCUT2D eigenvalue weighted by atomic mass is 10.4. The van der Waals surface area contributed by atoms with Crippen molar-refractivity contribution in [2.75, 3.05) is 13.6 Å². The summed E-state index contributed by atoms with van der Waals surface area (Å²) >= 11 is 1.61. The van der Waals surface area contributed by atoms with E-state index < -0.39 is 0 Å². The molecule has 7 heteroatoms. The van der Waals surface area contributed by atoms with Gasteiger partial charge in [0, 0.05) is 24.0 Å². The van der Waals surface area contributed by atoms with E-state index in [2.05, 4.69) is 15.6 Å². The van der Waals surface area contributed by atoms with Gasteiger partial charge in [-0.2, -0.15) is 0 Å². The third-order valence-electron chi connectivity index (χ3n) is 1.73. The topological polar surface area (TPSA) is 54.0 Å². The van der Waals surface area contributed by atoms with Crippen LogP contribution in [-0.2, 0) is 11.3 Å². The summed E-state index contributed by atoms with van der Waals surface area (Å²) < 4.78 is 0. The van der Waals surface area contributed by atoms with Crippen LogP contribution in [0.1, 0.15) is 16.3 Å². The Balaban J connectivity index is 0. The number of amides is 1. The van der Waals surface area contributed by atoms with Gasteiger partial charge in [0.25, 0.3) is 0 Å². The zero-order valence-corrected chi connectivity index (χ0v) is 11.7. The van der Waals surface area contributed by atoms with Crippen LogP contribution in [0.25, 0.3) is 0 Å². The lowest BCUT2D eigenvalue weighted by Crippen LogP contribution is -2.25. The first-order valence-electron chi connectivity index (χ1n) is 4.55. The molecule has 0 aliphatic carbocycles. The van der Waals surface area contributed by atoms with Crippen molar-refractivity contribution in [1.29, 1.82) is 0 Å². The van der Waals surface area contributed by atoms with Gasteiger partial charge in [0.1, 0.15) is 0 Å². The van der Waals surface area contributed by atoms with Gasteiger partial charge >= 0.3 is 0 Å². The third kappa shape index (κ3) is 7.00. The van der Waals surface area contributed by atoms with Gasteiger partial charge < -0.3 is 10.6 Å². The van der Waals surface area contributed by atoms with Gasteiger partial charge in [0.15, 0.2) is 0 Å². The second-order valence-corrected chi connectivity index (χ2v) is 4.30. The maximum atomic E-state index is 11.2. The van der Waals surface area contributed by atoms with Crippen LogP contribution in [0.3, 0.4) is 0 Å². The van der Waals surface area contributed by atoms with Crippen LogP contribution in [0.15, 0.2) is 6.20 Å². The number of rotatable bonds is 5. The predicted octanol–water partition coefficient (Wildman–Crippen LogP) is 1.52. The van der Waals surface area contributed by atoms with E-state index in [0.717, 1.165) is 9.88 Å². The highest BCUT2D eigenvalue weighted by Crippen LogP contribution is 2.10. The van der Waals surface area contributed by atoms with E-state index in [1.165, 1.54) is 0 Å². The minimum Gasteiger partial charge on any atom is -0.351 e. The van der Waals surface area contributed by atoms with E-state index >= 15 is 0 Å². The Bertz CT molecular complexity index is 307. The molecule has 0 saturated carbocycles.